The third kappa shape index (κ3) is 5.52. The molecule has 8 nitrogen and oxygen atoms in total. The van der Waals surface area contributed by atoms with E-state index in [0.717, 1.165) is 0 Å². The summed E-state index contributed by atoms with van der Waals surface area (Å²) in [6.07, 6.45) is 0.436. The smallest absolute Gasteiger partial charge is 0.252 e. The molecular weight excluding hydrogens is 504 g/mol. The molecule has 0 radical (unpaired) electrons. The van der Waals surface area contributed by atoms with Crippen LogP contribution in [0.5, 0.6) is 0 Å². The van der Waals surface area contributed by atoms with Crippen molar-refractivity contribution in [2.24, 2.45) is 5.92 Å². The predicted molar refractivity (Wildman–Crippen MR) is 128 cm³/mol. The Hall–Kier alpha value is -3.08. The number of carbonyl (C=O) groups is 3. The van der Waals surface area contributed by atoms with E-state index in [4.69, 9.17) is 23.2 Å². The van der Waals surface area contributed by atoms with E-state index in [9.17, 15) is 18.8 Å². The maximum atomic E-state index is 13.4. The molecule has 1 aliphatic heterocycles. The van der Waals surface area contributed by atoms with Crippen molar-refractivity contribution in [1.29, 1.82) is 0 Å². The zero-order valence-electron chi connectivity index (χ0n) is 17.6. The summed E-state index contributed by atoms with van der Waals surface area (Å²) in [5, 5.41) is 14.6. The number of rotatable bonds is 7. The van der Waals surface area contributed by atoms with Gasteiger partial charge in [0.05, 0.1) is 21.5 Å². The number of anilines is 2. The molecule has 2 aromatic carbocycles. The third-order valence-electron chi connectivity index (χ3n) is 5.15. The van der Waals surface area contributed by atoms with Crippen LogP contribution in [0.2, 0.25) is 10.0 Å². The van der Waals surface area contributed by atoms with Crippen molar-refractivity contribution in [3.05, 3.63) is 68.9 Å². The van der Waals surface area contributed by atoms with Gasteiger partial charge in [-0.05, 0) is 30.3 Å². The van der Waals surface area contributed by atoms with Gasteiger partial charge in [-0.15, -0.1) is 10.2 Å². The highest BCUT2D eigenvalue weighted by atomic mass is 35.5. The zero-order valence-corrected chi connectivity index (χ0v) is 19.9. The topological polar surface area (TPSA) is 104 Å². The van der Waals surface area contributed by atoms with Gasteiger partial charge in [0.15, 0.2) is 0 Å². The van der Waals surface area contributed by atoms with Gasteiger partial charge in [0.25, 0.3) is 5.91 Å². The molecule has 2 heterocycles. The molecule has 0 spiro atoms. The maximum Gasteiger partial charge on any atom is 0.252 e. The van der Waals surface area contributed by atoms with Crippen LogP contribution in [0.25, 0.3) is 0 Å². The van der Waals surface area contributed by atoms with Gasteiger partial charge in [-0.25, -0.2) is 4.39 Å². The summed E-state index contributed by atoms with van der Waals surface area (Å²) < 4.78 is 13.4. The van der Waals surface area contributed by atoms with Crippen LogP contribution in [0.1, 0.15) is 21.8 Å². The number of hydrogen-bond donors (Lipinski definition) is 2. The van der Waals surface area contributed by atoms with Crippen molar-refractivity contribution in [2.45, 2.75) is 12.8 Å². The van der Waals surface area contributed by atoms with Gasteiger partial charge >= 0.3 is 0 Å². The summed E-state index contributed by atoms with van der Waals surface area (Å²) in [5.41, 5.74) is 0.821. The lowest BCUT2D eigenvalue weighted by Gasteiger charge is -2.17. The Labute approximate surface area is 208 Å². The van der Waals surface area contributed by atoms with Gasteiger partial charge in [0.2, 0.25) is 16.9 Å². The Morgan fingerprint density at radius 2 is 1.94 bits per heavy atom. The third-order valence-corrected chi connectivity index (χ3v) is 6.67. The number of carbonyl (C=O) groups excluding carboxylic acids is 3. The number of amides is 3. The fraction of sp³-hybridized carbons (Fsp3) is 0.227. The van der Waals surface area contributed by atoms with Gasteiger partial charge < -0.3 is 15.5 Å². The minimum absolute atomic E-state index is 0.0145. The molecule has 1 aliphatic rings. The predicted octanol–water partition coefficient (Wildman–Crippen LogP) is 3.95. The summed E-state index contributed by atoms with van der Waals surface area (Å²) in [4.78, 5) is 38.6. The monoisotopic (exact) mass is 521 g/mol. The molecule has 1 saturated heterocycles. The lowest BCUT2D eigenvalue weighted by molar-refractivity contribution is -0.122. The number of hydrogen-bond acceptors (Lipinski definition) is 6. The number of nitrogens with zero attached hydrogens (tertiary/aromatic N) is 3. The first-order valence-electron chi connectivity index (χ1n) is 10.2. The molecule has 3 aromatic rings. The molecule has 34 heavy (non-hydrogen) atoms. The summed E-state index contributed by atoms with van der Waals surface area (Å²) >= 11 is 13.0. The molecule has 0 saturated carbocycles. The van der Waals surface area contributed by atoms with E-state index < -0.39 is 11.7 Å². The maximum absolute atomic E-state index is 13.4. The Morgan fingerprint density at radius 3 is 2.71 bits per heavy atom. The van der Waals surface area contributed by atoms with Gasteiger partial charge in [-0.1, -0.05) is 46.7 Å². The highest BCUT2D eigenvalue weighted by Crippen LogP contribution is 2.29. The van der Waals surface area contributed by atoms with Crippen LogP contribution in [-0.2, 0) is 16.0 Å². The molecule has 4 rings (SSSR count). The lowest BCUT2D eigenvalue weighted by Crippen LogP contribution is -2.28. The van der Waals surface area contributed by atoms with Crippen LogP contribution < -0.4 is 15.5 Å². The largest absolute Gasteiger partial charge is 0.352 e. The fourth-order valence-electron chi connectivity index (χ4n) is 3.42. The molecule has 1 atom stereocenters. The number of aromatic nitrogens is 2. The quantitative estimate of drug-likeness (QED) is 0.489. The molecule has 0 aliphatic carbocycles. The number of halogens is 3. The van der Waals surface area contributed by atoms with Crippen molar-refractivity contribution in [3.8, 4) is 0 Å². The molecule has 1 unspecified atom stereocenters. The Balaban J connectivity index is 1.28. The lowest BCUT2D eigenvalue weighted by atomic mass is 10.1. The Kier molecular flexibility index (Phi) is 7.40. The normalized spacial score (nSPS) is 15.4. The van der Waals surface area contributed by atoms with Crippen molar-refractivity contribution >= 4 is 63.1 Å². The molecule has 0 bridgehead atoms. The first kappa shape index (κ1) is 24.1. The summed E-state index contributed by atoms with van der Waals surface area (Å²) in [5.74, 6) is -2.09. The minimum Gasteiger partial charge on any atom is -0.352 e. The van der Waals surface area contributed by atoms with Crippen molar-refractivity contribution in [3.63, 3.8) is 0 Å². The summed E-state index contributed by atoms with van der Waals surface area (Å²) in [6.45, 7) is 0.464. The minimum atomic E-state index is -0.599. The van der Waals surface area contributed by atoms with Gasteiger partial charge in [0, 0.05) is 31.6 Å². The number of nitrogens with one attached hydrogen (secondary N) is 2. The van der Waals surface area contributed by atoms with Crippen LogP contribution in [-0.4, -0.2) is 41.0 Å². The van der Waals surface area contributed by atoms with Crippen LogP contribution >= 0.6 is 34.5 Å². The van der Waals surface area contributed by atoms with Crippen molar-refractivity contribution < 1.29 is 18.8 Å². The highest BCUT2D eigenvalue weighted by molar-refractivity contribution is 7.15. The number of benzene rings is 2. The standard InChI is InChI=1S/C22H18Cl2FN5O3S/c23-15-4-2-1-3-14(15)21(33)26-8-7-18-28-29-22(34-18)27-20(32)12-9-19(31)30(11-12)13-5-6-17(25)16(24)10-13/h1-6,10,12H,7-9,11H2,(H,26,33)(H,27,29,32). The van der Waals surface area contributed by atoms with Gasteiger partial charge in [-0.2, -0.15) is 0 Å². The van der Waals surface area contributed by atoms with Crippen LogP contribution in [0.15, 0.2) is 42.5 Å². The van der Waals surface area contributed by atoms with Crippen LogP contribution in [0, 0.1) is 11.7 Å². The molecule has 176 valence electrons. The second kappa shape index (κ2) is 10.5. The second-order valence-electron chi connectivity index (χ2n) is 7.48. The van der Waals surface area contributed by atoms with Crippen molar-refractivity contribution in [2.75, 3.05) is 23.3 Å². The first-order valence-corrected chi connectivity index (χ1v) is 11.8. The van der Waals surface area contributed by atoms with Crippen LogP contribution in [0.4, 0.5) is 15.2 Å². The first-order chi connectivity index (χ1) is 16.3. The average molecular weight is 522 g/mol. The van der Waals surface area contributed by atoms with E-state index in [1.54, 1.807) is 24.3 Å². The molecule has 3 amide bonds. The van der Waals surface area contributed by atoms with Gasteiger partial charge in [0.1, 0.15) is 10.8 Å². The molecule has 1 fully saturated rings. The Bertz CT molecular complexity index is 1250. The Morgan fingerprint density at radius 1 is 1.15 bits per heavy atom. The van der Waals surface area contributed by atoms with E-state index in [1.165, 1.54) is 34.4 Å². The summed E-state index contributed by atoms with van der Waals surface area (Å²) in [6, 6.07) is 10.7. The fourth-order valence-corrected chi connectivity index (χ4v) is 4.56. The van der Waals surface area contributed by atoms with E-state index in [1.807, 2.05) is 0 Å². The van der Waals surface area contributed by atoms with E-state index in [0.29, 0.717) is 39.4 Å². The van der Waals surface area contributed by atoms with Crippen LogP contribution in [0.3, 0.4) is 0 Å². The van der Waals surface area contributed by atoms with E-state index in [2.05, 4.69) is 20.8 Å². The molecule has 2 N–H and O–H groups in total. The second-order valence-corrected chi connectivity index (χ2v) is 9.36. The van der Waals surface area contributed by atoms with E-state index >= 15 is 0 Å². The molecule has 12 heteroatoms. The molecular formula is C22H18Cl2FN5O3S. The summed E-state index contributed by atoms with van der Waals surface area (Å²) in [7, 11) is 0. The van der Waals surface area contributed by atoms with E-state index in [-0.39, 0.29) is 35.7 Å². The highest BCUT2D eigenvalue weighted by Gasteiger charge is 2.35. The molecule has 1 aromatic heterocycles. The average Bonchev–Trinajstić information content (AvgIpc) is 3.42. The SMILES string of the molecule is O=C(NCCc1nnc(NC(=O)C2CC(=O)N(c3ccc(F)c(Cl)c3)C2)s1)c1ccccc1Cl. The van der Waals surface area contributed by atoms with Crippen molar-refractivity contribution in [1.82, 2.24) is 15.5 Å². The van der Waals surface area contributed by atoms with Gasteiger partial charge in [-0.3, -0.25) is 14.4 Å². The zero-order chi connectivity index (χ0) is 24.2.